The van der Waals surface area contributed by atoms with Crippen molar-refractivity contribution < 1.29 is 9.15 Å². The minimum absolute atomic E-state index is 0.0227. The van der Waals surface area contributed by atoms with Gasteiger partial charge in [0.1, 0.15) is 17.8 Å². The van der Waals surface area contributed by atoms with Crippen molar-refractivity contribution in [2.75, 3.05) is 10.6 Å². The smallest absolute Gasteiger partial charge is 0.242 e. The van der Waals surface area contributed by atoms with Crippen LogP contribution in [0, 0.1) is 0 Å². The maximum absolute atomic E-state index is 6.20. The summed E-state index contributed by atoms with van der Waals surface area (Å²) < 4.78 is 11.1. The molecule has 3 rings (SSSR count). The van der Waals surface area contributed by atoms with Gasteiger partial charge in [0.2, 0.25) is 5.88 Å². The Bertz CT molecular complexity index is 594. The summed E-state index contributed by atoms with van der Waals surface area (Å²) in [5.41, 5.74) is 6.70. The average molecular weight is 288 g/mol. The first-order valence-corrected chi connectivity index (χ1v) is 7.21. The molecular weight excluding hydrogens is 268 g/mol. The summed E-state index contributed by atoms with van der Waals surface area (Å²) >= 11 is 0. The Morgan fingerprint density at radius 2 is 2.24 bits per heavy atom. The normalized spacial score (nSPS) is 14.4. The number of nitrogens with two attached hydrogens (primary N) is 1. The second-order valence-electron chi connectivity index (χ2n) is 5.52. The van der Waals surface area contributed by atoms with Gasteiger partial charge < -0.3 is 19.8 Å². The van der Waals surface area contributed by atoms with E-state index in [1.165, 1.54) is 6.33 Å². The van der Waals surface area contributed by atoms with Crippen LogP contribution in [-0.4, -0.2) is 22.1 Å². The van der Waals surface area contributed by atoms with Crippen LogP contribution in [0.5, 0.6) is 5.88 Å². The van der Waals surface area contributed by atoms with Crippen LogP contribution in [0.15, 0.2) is 29.1 Å². The lowest BCUT2D eigenvalue weighted by atomic mass is 10.3. The Kier molecular flexibility index (Phi) is 3.68. The van der Waals surface area contributed by atoms with Crippen LogP contribution in [0.2, 0.25) is 0 Å². The van der Waals surface area contributed by atoms with E-state index in [0.717, 1.165) is 24.4 Å². The largest absolute Gasteiger partial charge is 0.473 e. The molecule has 0 spiro atoms. The van der Waals surface area contributed by atoms with Gasteiger partial charge in [-0.15, -0.1) is 0 Å². The molecule has 0 saturated heterocycles. The summed E-state index contributed by atoms with van der Waals surface area (Å²) in [6, 6.07) is 4.30. The predicted molar refractivity (Wildman–Crippen MR) is 80.1 cm³/mol. The quantitative estimate of drug-likeness (QED) is 0.880. The molecule has 1 fully saturated rings. The maximum atomic E-state index is 6.20. The number of rotatable bonds is 6. The highest BCUT2D eigenvalue weighted by molar-refractivity contribution is 5.68. The average Bonchev–Trinajstić information content (AvgIpc) is 3.16. The first-order valence-electron chi connectivity index (χ1n) is 7.21. The molecule has 1 aliphatic carbocycles. The minimum Gasteiger partial charge on any atom is -0.473 e. The fourth-order valence-corrected chi connectivity index (χ4v) is 2.25. The highest BCUT2D eigenvalue weighted by Gasteiger charge is 2.32. The van der Waals surface area contributed by atoms with Crippen molar-refractivity contribution in [3.05, 3.63) is 30.5 Å². The molecule has 0 atom stereocenters. The zero-order valence-corrected chi connectivity index (χ0v) is 12.3. The molecule has 112 valence electrons. The Hall–Kier alpha value is -2.24. The lowest BCUT2D eigenvalue weighted by Gasteiger charge is -2.24. The third-order valence-electron chi connectivity index (χ3n) is 3.34. The molecule has 1 aliphatic rings. The van der Waals surface area contributed by atoms with Crippen molar-refractivity contribution in [3.8, 4) is 5.88 Å². The molecule has 0 aromatic carbocycles. The van der Waals surface area contributed by atoms with Crippen LogP contribution < -0.4 is 15.4 Å². The standard InChI is InChI=1S/C15H20N4O2/c1-10(2)21-15-13(16)14(17-9-18-15)19(11-5-6-11)8-12-4-3-7-20-12/h3-4,7,9-11H,5-6,8,16H2,1-2H3. The number of aromatic nitrogens is 2. The summed E-state index contributed by atoms with van der Waals surface area (Å²) in [6.07, 6.45) is 5.49. The Labute approximate surface area is 123 Å². The topological polar surface area (TPSA) is 77.4 Å². The van der Waals surface area contributed by atoms with Crippen molar-refractivity contribution in [1.29, 1.82) is 0 Å². The number of nitrogens with zero attached hydrogens (tertiary/aromatic N) is 3. The van der Waals surface area contributed by atoms with Gasteiger partial charge in [0, 0.05) is 6.04 Å². The number of anilines is 2. The summed E-state index contributed by atoms with van der Waals surface area (Å²) in [4.78, 5) is 10.7. The van der Waals surface area contributed by atoms with Crippen molar-refractivity contribution in [1.82, 2.24) is 9.97 Å². The molecule has 0 radical (unpaired) electrons. The van der Waals surface area contributed by atoms with E-state index in [-0.39, 0.29) is 6.10 Å². The molecule has 2 N–H and O–H groups in total. The summed E-state index contributed by atoms with van der Waals surface area (Å²) in [5.74, 6) is 2.06. The van der Waals surface area contributed by atoms with Gasteiger partial charge >= 0.3 is 0 Å². The zero-order valence-electron chi connectivity index (χ0n) is 12.3. The van der Waals surface area contributed by atoms with E-state index in [1.54, 1.807) is 6.26 Å². The fourth-order valence-electron chi connectivity index (χ4n) is 2.25. The van der Waals surface area contributed by atoms with Gasteiger partial charge in [-0.2, -0.15) is 4.98 Å². The van der Waals surface area contributed by atoms with E-state index in [9.17, 15) is 0 Å². The van der Waals surface area contributed by atoms with Gasteiger partial charge in [0.15, 0.2) is 5.82 Å². The summed E-state index contributed by atoms with van der Waals surface area (Å²) in [5, 5.41) is 0. The molecule has 0 amide bonds. The van der Waals surface area contributed by atoms with Crippen LogP contribution in [0.4, 0.5) is 11.5 Å². The molecule has 2 aromatic rings. The Morgan fingerprint density at radius 3 is 2.86 bits per heavy atom. The van der Waals surface area contributed by atoms with Crippen LogP contribution >= 0.6 is 0 Å². The first-order chi connectivity index (χ1) is 10.1. The van der Waals surface area contributed by atoms with E-state index in [1.807, 2.05) is 26.0 Å². The molecule has 6 nitrogen and oxygen atoms in total. The molecule has 2 aromatic heterocycles. The lowest BCUT2D eigenvalue weighted by Crippen LogP contribution is -2.27. The van der Waals surface area contributed by atoms with Gasteiger partial charge in [0.05, 0.1) is 18.9 Å². The van der Waals surface area contributed by atoms with E-state index in [2.05, 4.69) is 14.9 Å². The number of hydrogen-bond acceptors (Lipinski definition) is 6. The van der Waals surface area contributed by atoms with Gasteiger partial charge in [-0.05, 0) is 38.8 Å². The Balaban J connectivity index is 1.88. The second kappa shape index (κ2) is 5.63. The second-order valence-corrected chi connectivity index (χ2v) is 5.52. The maximum Gasteiger partial charge on any atom is 0.242 e. The predicted octanol–water partition coefficient (Wildman–Crippen LogP) is 2.61. The van der Waals surface area contributed by atoms with E-state index < -0.39 is 0 Å². The van der Waals surface area contributed by atoms with E-state index >= 15 is 0 Å². The number of nitrogen functional groups attached to an aromatic ring is 1. The van der Waals surface area contributed by atoms with Gasteiger partial charge in [0.25, 0.3) is 0 Å². The molecule has 1 saturated carbocycles. The monoisotopic (exact) mass is 288 g/mol. The molecule has 0 unspecified atom stereocenters. The molecule has 0 bridgehead atoms. The highest BCUT2D eigenvalue weighted by Crippen LogP contribution is 2.37. The minimum atomic E-state index is 0.0227. The van der Waals surface area contributed by atoms with E-state index in [4.69, 9.17) is 14.9 Å². The van der Waals surface area contributed by atoms with Crippen LogP contribution in [0.25, 0.3) is 0 Å². The van der Waals surface area contributed by atoms with Crippen molar-refractivity contribution in [2.24, 2.45) is 0 Å². The number of ether oxygens (including phenoxy) is 1. The van der Waals surface area contributed by atoms with Crippen molar-refractivity contribution in [3.63, 3.8) is 0 Å². The van der Waals surface area contributed by atoms with Crippen molar-refractivity contribution >= 4 is 11.5 Å². The summed E-state index contributed by atoms with van der Waals surface area (Å²) in [7, 11) is 0. The third-order valence-corrected chi connectivity index (χ3v) is 3.34. The van der Waals surface area contributed by atoms with E-state index in [0.29, 0.717) is 24.2 Å². The zero-order chi connectivity index (χ0) is 14.8. The summed E-state index contributed by atoms with van der Waals surface area (Å²) in [6.45, 7) is 4.55. The molecular formula is C15H20N4O2. The lowest BCUT2D eigenvalue weighted by molar-refractivity contribution is 0.234. The molecule has 21 heavy (non-hydrogen) atoms. The van der Waals surface area contributed by atoms with Gasteiger partial charge in [-0.25, -0.2) is 4.98 Å². The molecule has 2 heterocycles. The number of furan rings is 1. The molecule has 0 aliphatic heterocycles. The Morgan fingerprint density at radius 1 is 1.43 bits per heavy atom. The molecule has 6 heteroatoms. The van der Waals surface area contributed by atoms with Crippen LogP contribution in [0.3, 0.4) is 0 Å². The fraction of sp³-hybridized carbons (Fsp3) is 0.467. The first kappa shape index (κ1) is 13.7. The van der Waals surface area contributed by atoms with Crippen LogP contribution in [0.1, 0.15) is 32.4 Å². The van der Waals surface area contributed by atoms with Gasteiger partial charge in [-0.1, -0.05) is 0 Å². The van der Waals surface area contributed by atoms with Crippen LogP contribution in [-0.2, 0) is 6.54 Å². The highest BCUT2D eigenvalue weighted by atomic mass is 16.5. The SMILES string of the molecule is CC(C)Oc1ncnc(N(Cc2ccco2)C2CC2)c1N. The van der Waals surface area contributed by atoms with Gasteiger partial charge in [-0.3, -0.25) is 0 Å². The van der Waals surface area contributed by atoms with Crippen molar-refractivity contribution in [2.45, 2.75) is 45.4 Å². The third kappa shape index (κ3) is 3.09. The number of hydrogen-bond donors (Lipinski definition) is 1.